The van der Waals surface area contributed by atoms with Gasteiger partial charge >= 0.3 is 0 Å². The Bertz CT molecular complexity index is 557. The molecular weight excluding hydrogens is 238 g/mol. The normalized spacial score (nSPS) is 19.3. The number of rotatable bonds is 3. The molecule has 0 spiro atoms. The Balaban J connectivity index is 2.52. The van der Waals surface area contributed by atoms with Crippen LogP contribution in [0, 0.1) is 17.2 Å². The Hall–Kier alpha value is -2.15. The second kappa shape index (κ2) is 5.23. The van der Waals surface area contributed by atoms with Crippen LogP contribution in [-0.2, 0) is 0 Å². The maximum absolute atomic E-state index is 9.34. The smallest absolute Gasteiger partial charge is 0.205 e. The number of fused-ring (bicyclic) bond motifs is 1. The zero-order valence-corrected chi connectivity index (χ0v) is 11.3. The number of anilines is 1. The van der Waals surface area contributed by atoms with Gasteiger partial charge in [-0.2, -0.15) is 5.26 Å². The maximum Gasteiger partial charge on any atom is 0.205 e. The number of allylic oxidation sites excluding steroid dienone is 1. The molecule has 4 N–H and O–H groups in total. The fourth-order valence-electron chi connectivity index (χ4n) is 2.72. The van der Waals surface area contributed by atoms with Gasteiger partial charge in [-0.15, -0.1) is 0 Å². The van der Waals surface area contributed by atoms with Crippen LogP contribution in [0.25, 0.3) is 0 Å². The molecule has 1 aromatic rings. The molecular formula is C15H19N3O. The third kappa shape index (κ3) is 2.37. The third-order valence-corrected chi connectivity index (χ3v) is 3.60. The van der Waals surface area contributed by atoms with Crippen LogP contribution in [0.4, 0.5) is 5.69 Å². The van der Waals surface area contributed by atoms with E-state index in [-0.39, 0.29) is 11.8 Å². The highest BCUT2D eigenvalue weighted by Crippen LogP contribution is 2.43. The van der Waals surface area contributed by atoms with Crippen LogP contribution in [0.15, 0.2) is 29.7 Å². The summed E-state index contributed by atoms with van der Waals surface area (Å²) in [6, 6.07) is 7.74. The summed E-state index contributed by atoms with van der Waals surface area (Å²) >= 11 is 0. The first-order chi connectivity index (χ1) is 9.08. The predicted octanol–water partition coefficient (Wildman–Crippen LogP) is 2.87. The molecule has 0 saturated heterocycles. The molecule has 4 heteroatoms. The van der Waals surface area contributed by atoms with Crippen molar-refractivity contribution in [2.45, 2.75) is 32.6 Å². The SMILES string of the molecule is CCC[C@@H](C)[C@H]1C(C#N)=C(N)Oc2cc(N)ccc21. The van der Waals surface area contributed by atoms with Crippen molar-refractivity contribution in [3.05, 3.63) is 35.2 Å². The van der Waals surface area contributed by atoms with Crippen molar-refractivity contribution in [2.24, 2.45) is 11.7 Å². The van der Waals surface area contributed by atoms with Crippen molar-refractivity contribution in [2.75, 3.05) is 5.73 Å². The first-order valence-electron chi connectivity index (χ1n) is 6.55. The van der Waals surface area contributed by atoms with Crippen LogP contribution >= 0.6 is 0 Å². The van der Waals surface area contributed by atoms with E-state index in [4.69, 9.17) is 16.2 Å². The van der Waals surface area contributed by atoms with E-state index in [1.54, 1.807) is 6.07 Å². The summed E-state index contributed by atoms with van der Waals surface area (Å²) in [6.45, 7) is 4.28. The lowest BCUT2D eigenvalue weighted by Gasteiger charge is -2.30. The molecule has 0 fully saturated rings. The molecule has 4 nitrogen and oxygen atoms in total. The molecule has 1 aromatic carbocycles. The molecule has 19 heavy (non-hydrogen) atoms. The fourth-order valence-corrected chi connectivity index (χ4v) is 2.72. The molecule has 1 aliphatic rings. The number of ether oxygens (including phenoxy) is 1. The van der Waals surface area contributed by atoms with E-state index in [0.29, 0.717) is 22.9 Å². The number of nitrogen functional groups attached to an aromatic ring is 1. The van der Waals surface area contributed by atoms with E-state index >= 15 is 0 Å². The number of nitrogens with zero attached hydrogens (tertiary/aromatic N) is 1. The molecule has 2 rings (SSSR count). The van der Waals surface area contributed by atoms with Gasteiger partial charge in [-0.3, -0.25) is 0 Å². The second-order valence-corrected chi connectivity index (χ2v) is 5.03. The average Bonchev–Trinajstić information content (AvgIpc) is 2.37. The molecule has 1 aliphatic heterocycles. The summed E-state index contributed by atoms with van der Waals surface area (Å²) in [4.78, 5) is 0. The van der Waals surface area contributed by atoms with Crippen molar-refractivity contribution in [1.82, 2.24) is 0 Å². The van der Waals surface area contributed by atoms with E-state index in [2.05, 4.69) is 19.9 Å². The Labute approximate surface area is 113 Å². The molecule has 0 amide bonds. The monoisotopic (exact) mass is 257 g/mol. The summed E-state index contributed by atoms with van der Waals surface area (Å²) < 4.78 is 5.53. The third-order valence-electron chi connectivity index (χ3n) is 3.60. The van der Waals surface area contributed by atoms with Crippen LogP contribution in [0.2, 0.25) is 0 Å². The molecule has 100 valence electrons. The highest BCUT2D eigenvalue weighted by Gasteiger charge is 2.32. The van der Waals surface area contributed by atoms with E-state index in [9.17, 15) is 5.26 Å². The lowest BCUT2D eigenvalue weighted by molar-refractivity contribution is 0.359. The molecule has 1 heterocycles. The van der Waals surface area contributed by atoms with Crippen molar-refractivity contribution in [1.29, 1.82) is 5.26 Å². The summed E-state index contributed by atoms with van der Waals surface area (Å²) in [5, 5.41) is 9.34. The highest BCUT2D eigenvalue weighted by atomic mass is 16.5. The lowest BCUT2D eigenvalue weighted by atomic mass is 9.78. The van der Waals surface area contributed by atoms with Crippen LogP contribution in [0.1, 0.15) is 38.2 Å². The van der Waals surface area contributed by atoms with E-state index in [1.165, 1.54) is 0 Å². The van der Waals surface area contributed by atoms with E-state index in [0.717, 1.165) is 18.4 Å². The Morgan fingerprint density at radius 1 is 1.42 bits per heavy atom. The summed E-state index contributed by atoms with van der Waals surface area (Å²) in [5.74, 6) is 1.21. The van der Waals surface area contributed by atoms with Crippen molar-refractivity contribution >= 4 is 5.69 Å². The first kappa shape index (κ1) is 13.3. The van der Waals surface area contributed by atoms with Gasteiger partial charge in [0.2, 0.25) is 5.88 Å². The zero-order chi connectivity index (χ0) is 14.0. The number of nitrogens with two attached hydrogens (primary N) is 2. The number of nitriles is 1. The standard InChI is InChI=1S/C15H19N3O/c1-3-4-9(2)14-11-6-5-10(17)7-13(11)19-15(18)12(14)8-16/h5-7,9,14H,3-4,17-18H2,1-2H3/t9-,14-/m1/s1. The zero-order valence-electron chi connectivity index (χ0n) is 11.3. The van der Waals surface area contributed by atoms with Gasteiger partial charge in [0.05, 0.1) is 5.57 Å². The number of benzene rings is 1. The van der Waals surface area contributed by atoms with E-state index in [1.807, 2.05) is 12.1 Å². The average molecular weight is 257 g/mol. The quantitative estimate of drug-likeness (QED) is 0.815. The summed E-state index contributed by atoms with van der Waals surface area (Å²) in [5.41, 5.74) is 13.8. The first-order valence-corrected chi connectivity index (χ1v) is 6.55. The maximum atomic E-state index is 9.34. The van der Waals surface area contributed by atoms with Crippen LogP contribution in [0.3, 0.4) is 0 Å². The Kier molecular flexibility index (Phi) is 3.66. The molecule has 0 aliphatic carbocycles. The number of hydrogen-bond acceptors (Lipinski definition) is 4. The van der Waals surface area contributed by atoms with Gasteiger partial charge < -0.3 is 16.2 Å². The van der Waals surface area contributed by atoms with Gasteiger partial charge in [0.25, 0.3) is 0 Å². The Morgan fingerprint density at radius 2 is 2.16 bits per heavy atom. The Morgan fingerprint density at radius 3 is 2.79 bits per heavy atom. The van der Waals surface area contributed by atoms with Crippen molar-refractivity contribution in [3.8, 4) is 11.8 Å². The molecule has 0 saturated carbocycles. The van der Waals surface area contributed by atoms with Gasteiger partial charge in [0.15, 0.2) is 0 Å². The predicted molar refractivity (Wildman–Crippen MR) is 75.1 cm³/mol. The van der Waals surface area contributed by atoms with Crippen LogP contribution < -0.4 is 16.2 Å². The van der Waals surface area contributed by atoms with Gasteiger partial charge in [0.1, 0.15) is 11.8 Å². The summed E-state index contributed by atoms with van der Waals surface area (Å²) in [7, 11) is 0. The largest absolute Gasteiger partial charge is 0.440 e. The van der Waals surface area contributed by atoms with Crippen molar-refractivity contribution < 1.29 is 4.74 Å². The number of hydrogen-bond donors (Lipinski definition) is 2. The molecule has 0 bridgehead atoms. The van der Waals surface area contributed by atoms with Gasteiger partial charge in [0, 0.05) is 23.2 Å². The topological polar surface area (TPSA) is 85.1 Å². The lowest BCUT2D eigenvalue weighted by Crippen LogP contribution is -2.24. The van der Waals surface area contributed by atoms with E-state index < -0.39 is 0 Å². The molecule has 0 aromatic heterocycles. The second-order valence-electron chi connectivity index (χ2n) is 5.03. The minimum atomic E-state index is -0.00528. The van der Waals surface area contributed by atoms with Crippen molar-refractivity contribution in [3.63, 3.8) is 0 Å². The fraction of sp³-hybridized carbons (Fsp3) is 0.400. The highest BCUT2D eigenvalue weighted by molar-refractivity contribution is 5.56. The summed E-state index contributed by atoms with van der Waals surface area (Å²) in [6.07, 6.45) is 2.11. The molecule has 2 atom stereocenters. The van der Waals surface area contributed by atoms with Gasteiger partial charge in [-0.05, 0) is 12.0 Å². The minimum Gasteiger partial charge on any atom is -0.440 e. The van der Waals surface area contributed by atoms with Gasteiger partial charge in [-0.1, -0.05) is 32.8 Å². The van der Waals surface area contributed by atoms with Crippen LogP contribution in [0.5, 0.6) is 5.75 Å². The van der Waals surface area contributed by atoms with Gasteiger partial charge in [-0.25, -0.2) is 0 Å². The molecule has 0 radical (unpaired) electrons. The van der Waals surface area contributed by atoms with Crippen LogP contribution in [-0.4, -0.2) is 0 Å². The molecule has 0 unspecified atom stereocenters. The minimum absolute atomic E-state index is 0.00528.